The Kier molecular flexibility index (Phi) is 5.08. The highest BCUT2D eigenvalue weighted by molar-refractivity contribution is 6.02. The maximum Gasteiger partial charge on any atom is 0.275 e. The van der Waals surface area contributed by atoms with E-state index >= 15 is 0 Å². The summed E-state index contributed by atoms with van der Waals surface area (Å²) in [6, 6.07) is 3.35. The summed E-state index contributed by atoms with van der Waals surface area (Å²) in [5, 5.41) is 6.40. The average molecular weight is 329 g/mol. The number of anilines is 2. The van der Waals surface area contributed by atoms with Crippen molar-refractivity contribution in [1.29, 1.82) is 0 Å². The number of hydrogen-bond donors (Lipinski definition) is 1. The summed E-state index contributed by atoms with van der Waals surface area (Å²) in [5.41, 5.74) is 1.23. The summed E-state index contributed by atoms with van der Waals surface area (Å²) in [6.45, 7) is 6.00. The lowest BCUT2D eigenvalue weighted by atomic mass is 10.1. The van der Waals surface area contributed by atoms with E-state index in [0.717, 1.165) is 31.6 Å². The van der Waals surface area contributed by atoms with Crippen LogP contribution >= 0.6 is 0 Å². The van der Waals surface area contributed by atoms with Crippen molar-refractivity contribution in [3.8, 4) is 0 Å². The summed E-state index contributed by atoms with van der Waals surface area (Å²) in [5.74, 6) is 0.941. The molecular formula is C17H23N5O2. The Morgan fingerprint density at radius 1 is 1.21 bits per heavy atom. The first-order chi connectivity index (χ1) is 11.6. The summed E-state index contributed by atoms with van der Waals surface area (Å²) >= 11 is 0. The molecule has 24 heavy (non-hydrogen) atoms. The van der Waals surface area contributed by atoms with E-state index in [0.29, 0.717) is 17.5 Å². The predicted octanol–water partition coefficient (Wildman–Crippen LogP) is 3.22. The van der Waals surface area contributed by atoms with Crippen molar-refractivity contribution in [1.82, 2.24) is 15.1 Å². The smallest absolute Gasteiger partial charge is 0.275 e. The molecule has 128 valence electrons. The predicted molar refractivity (Wildman–Crippen MR) is 91.3 cm³/mol. The molecule has 1 fully saturated rings. The lowest BCUT2D eigenvalue weighted by molar-refractivity contribution is 0.102. The Labute approximate surface area is 141 Å². The van der Waals surface area contributed by atoms with E-state index in [2.05, 4.69) is 39.2 Å². The van der Waals surface area contributed by atoms with E-state index in [9.17, 15) is 4.79 Å². The molecular weight excluding hydrogens is 306 g/mol. The molecule has 2 aromatic heterocycles. The Morgan fingerprint density at radius 2 is 1.96 bits per heavy atom. The molecule has 3 rings (SSSR count). The van der Waals surface area contributed by atoms with Crippen LogP contribution in [0.15, 0.2) is 22.9 Å². The first-order valence-electron chi connectivity index (χ1n) is 8.49. The van der Waals surface area contributed by atoms with Gasteiger partial charge in [-0.25, -0.2) is 9.97 Å². The minimum absolute atomic E-state index is 0.220. The fourth-order valence-electron chi connectivity index (χ4n) is 2.73. The largest absolute Gasteiger partial charge is 0.363 e. The first kappa shape index (κ1) is 16.4. The molecule has 7 nitrogen and oxygen atoms in total. The van der Waals surface area contributed by atoms with Crippen LogP contribution in [0.5, 0.6) is 0 Å². The second kappa shape index (κ2) is 7.42. The van der Waals surface area contributed by atoms with Crippen LogP contribution in [0.1, 0.15) is 61.6 Å². The van der Waals surface area contributed by atoms with Crippen LogP contribution in [0.4, 0.5) is 11.8 Å². The van der Waals surface area contributed by atoms with Gasteiger partial charge in [0.2, 0.25) is 5.95 Å². The van der Waals surface area contributed by atoms with Gasteiger partial charge < -0.3 is 14.7 Å². The lowest BCUT2D eigenvalue weighted by Crippen LogP contribution is -2.28. The zero-order valence-corrected chi connectivity index (χ0v) is 14.2. The van der Waals surface area contributed by atoms with Crippen molar-refractivity contribution in [2.75, 3.05) is 23.3 Å². The van der Waals surface area contributed by atoms with E-state index in [1.807, 2.05) is 0 Å². The van der Waals surface area contributed by atoms with Crippen molar-refractivity contribution in [3.63, 3.8) is 0 Å². The minimum Gasteiger partial charge on any atom is -0.363 e. The molecule has 0 radical (unpaired) electrons. The summed E-state index contributed by atoms with van der Waals surface area (Å²) < 4.78 is 4.74. The molecule has 1 aliphatic rings. The molecule has 7 heteroatoms. The molecule has 0 aliphatic carbocycles. The number of aromatic nitrogens is 3. The third-order valence-corrected chi connectivity index (χ3v) is 4.13. The topological polar surface area (TPSA) is 84.2 Å². The summed E-state index contributed by atoms with van der Waals surface area (Å²) in [7, 11) is 0. The molecule has 1 saturated heterocycles. The number of carbonyl (C=O) groups excluding carboxylic acids is 1. The third-order valence-electron chi connectivity index (χ3n) is 4.13. The fraction of sp³-hybridized carbons (Fsp3) is 0.529. The van der Waals surface area contributed by atoms with Gasteiger partial charge in [0.25, 0.3) is 5.91 Å². The SMILES string of the molecule is CC(C)c1cc(C(=O)Nc2ccon2)nc(N2CCCCCC2)n1. The molecule has 1 amide bonds. The van der Waals surface area contributed by atoms with Gasteiger partial charge in [-0.15, -0.1) is 0 Å². The van der Waals surface area contributed by atoms with Crippen LogP contribution < -0.4 is 10.2 Å². The van der Waals surface area contributed by atoms with Gasteiger partial charge >= 0.3 is 0 Å². The zero-order chi connectivity index (χ0) is 16.9. The normalized spacial score (nSPS) is 15.4. The Bertz CT molecular complexity index is 676. The highest BCUT2D eigenvalue weighted by atomic mass is 16.5. The molecule has 2 aromatic rings. The van der Waals surface area contributed by atoms with Gasteiger partial charge in [0.1, 0.15) is 12.0 Å². The number of amides is 1. The van der Waals surface area contributed by atoms with Crippen molar-refractivity contribution in [2.45, 2.75) is 45.4 Å². The molecule has 0 atom stereocenters. The van der Waals surface area contributed by atoms with Crippen molar-refractivity contribution < 1.29 is 9.32 Å². The van der Waals surface area contributed by atoms with Gasteiger partial charge in [0.05, 0.1) is 0 Å². The maximum atomic E-state index is 12.5. The highest BCUT2D eigenvalue weighted by Crippen LogP contribution is 2.20. The quantitative estimate of drug-likeness (QED) is 0.927. The van der Waals surface area contributed by atoms with Gasteiger partial charge in [-0.1, -0.05) is 31.8 Å². The molecule has 0 unspecified atom stereocenters. The van der Waals surface area contributed by atoms with Crippen LogP contribution in [-0.2, 0) is 0 Å². The summed E-state index contributed by atoms with van der Waals surface area (Å²) in [4.78, 5) is 23.9. The highest BCUT2D eigenvalue weighted by Gasteiger charge is 2.19. The Balaban J connectivity index is 1.88. The molecule has 3 heterocycles. The molecule has 0 aromatic carbocycles. The van der Waals surface area contributed by atoms with E-state index in [4.69, 9.17) is 4.52 Å². The number of nitrogens with zero attached hydrogens (tertiary/aromatic N) is 4. The van der Waals surface area contributed by atoms with Crippen LogP contribution in [0.25, 0.3) is 0 Å². The van der Waals surface area contributed by atoms with E-state index in [-0.39, 0.29) is 11.8 Å². The molecule has 0 bridgehead atoms. The minimum atomic E-state index is -0.302. The Morgan fingerprint density at radius 3 is 2.58 bits per heavy atom. The first-order valence-corrected chi connectivity index (χ1v) is 8.49. The van der Waals surface area contributed by atoms with Crippen molar-refractivity contribution in [3.05, 3.63) is 29.8 Å². The molecule has 0 saturated carbocycles. The Hall–Kier alpha value is -2.44. The fourth-order valence-corrected chi connectivity index (χ4v) is 2.73. The van der Waals surface area contributed by atoms with Crippen LogP contribution in [0.3, 0.4) is 0 Å². The number of rotatable bonds is 4. The monoisotopic (exact) mass is 329 g/mol. The number of nitrogens with one attached hydrogen (secondary N) is 1. The molecule has 1 aliphatic heterocycles. The van der Waals surface area contributed by atoms with Gasteiger partial charge in [0.15, 0.2) is 5.82 Å². The second-order valence-electron chi connectivity index (χ2n) is 6.37. The maximum absolute atomic E-state index is 12.5. The second-order valence-corrected chi connectivity index (χ2v) is 6.37. The zero-order valence-electron chi connectivity index (χ0n) is 14.2. The number of carbonyl (C=O) groups is 1. The third kappa shape index (κ3) is 3.90. The average Bonchev–Trinajstić information content (AvgIpc) is 2.93. The van der Waals surface area contributed by atoms with E-state index in [1.165, 1.54) is 19.1 Å². The van der Waals surface area contributed by atoms with Crippen molar-refractivity contribution >= 4 is 17.7 Å². The van der Waals surface area contributed by atoms with Crippen LogP contribution in [0.2, 0.25) is 0 Å². The molecule has 0 spiro atoms. The standard InChI is InChI=1S/C17H23N5O2/c1-12(2)13-11-14(16(23)20-15-7-10-24-21-15)19-17(18-13)22-8-5-3-4-6-9-22/h7,10-12H,3-6,8-9H2,1-2H3,(H,20,21,23). The van der Waals surface area contributed by atoms with Gasteiger partial charge in [-0.3, -0.25) is 4.79 Å². The van der Waals surface area contributed by atoms with Crippen LogP contribution in [0, 0.1) is 0 Å². The lowest BCUT2D eigenvalue weighted by Gasteiger charge is -2.22. The van der Waals surface area contributed by atoms with Gasteiger partial charge in [0, 0.05) is 24.8 Å². The van der Waals surface area contributed by atoms with Gasteiger partial charge in [-0.05, 0) is 24.8 Å². The van der Waals surface area contributed by atoms with Crippen LogP contribution in [-0.4, -0.2) is 34.1 Å². The summed E-state index contributed by atoms with van der Waals surface area (Å²) in [6.07, 6.45) is 6.16. The van der Waals surface area contributed by atoms with Crippen molar-refractivity contribution in [2.24, 2.45) is 0 Å². The van der Waals surface area contributed by atoms with E-state index in [1.54, 1.807) is 12.1 Å². The molecule has 1 N–H and O–H groups in total. The number of hydrogen-bond acceptors (Lipinski definition) is 6. The van der Waals surface area contributed by atoms with Gasteiger partial charge in [-0.2, -0.15) is 0 Å². The van der Waals surface area contributed by atoms with E-state index < -0.39 is 0 Å².